The molecule has 92 valence electrons. The van der Waals surface area contributed by atoms with Gasteiger partial charge in [0, 0.05) is 6.20 Å². The van der Waals surface area contributed by atoms with Gasteiger partial charge in [-0.2, -0.15) is 0 Å². The first-order valence-electron chi connectivity index (χ1n) is 5.58. The predicted octanol–water partition coefficient (Wildman–Crippen LogP) is 1.30. The summed E-state index contributed by atoms with van der Waals surface area (Å²) in [6.45, 7) is 2.33. The number of rotatable bonds is 3. The van der Waals surface area contributed by atoms with E-state index in [4.69, 9.17) is 5.73 Å². The molecule has 5 nitrogen and oxygen atoms in total. The van der Waals surface area contributed by atoms with E-state index >= 15 is 0 Å². The molecule has 3 N–H and O–H groups in total. The third-order valence-electron chi connectivity index (χ3n) is 2.54. The smallest absolute Gasteiger partial charge is 0.270 e. The normalized spacial score (nSPS) is 10.1. The Balaban J connectivity index is 2.03. The van der Waals surface area contributed by atoms with Crippen LogP contribution in [0.5, 0.6) is 0 Å². The molecule has 0 aliphatic heterocycles. The van der Waals surface area contributed by atoms with E-state index in [1.807, 2.05) is 19.1 Å². The van der Waals surface area contributed by atoms with E-state index in [1.54, 1.807) is 24.4 Å². The van der Waals surface area contributed by atoms with Crippen LogP contribution in [0.15, 0.2) is 36.5 Å². The zero-order chi connectivity index (χ0) is 13.0. The molecule has 2 heterocycles. The predicted molar refractivity (Wildman–Crippen MR) is 68.8 cm³/mol. The molecule has 2 aromatic rings. The second kappa shape index (κ2) is 5.27. The second-order valence-electron chi connectivity index (χ2n) is 3.90. The lowest BCUT2D eigenvalue weighted by atomic mass is 10.2. The van der Waals surface area contributed by atoms with Gasteiger partial charge in [-0.25, -0.2) is 4.98 Å². The van der Waals surface area contributed by atoms with Crippen LogP contribution < -0.4 is 11.1 Å². The molecular formula is C13H14N4O. The van der Waals surface area contributed by atoms with Gasteiger partial charge in [0.2, 0.25) is 0 Å². The maximum Gasteiger partial charge on any atom is 0.270 e. The van der Waals surface area contributed by atoms with Crippen LogP contribution in [0.4, 0.5) is 5.82 Å². The van der Waals surface area contributed by atoms with Crippen LogP contribution in [-0.4, -0.2) is 15.9 Å². The number of hydrogen-bond acceptors (Lipinski definition) is 4. The lowest BCUT2D eigenvalue weighted by Gasteiger charge is -2.06. The number of aryl methyl sites for hydroxylation is 1. The molecule has 0 saturated heterocycles. The summed E-state index contributed by atoms with van der Waals surface area (Å²) in [6, 6.07) is 8.77. The third kappa shape index (κ3) is 2.82. The van der Waals surface area contributed by atoms with Crippen LogP contribution in [0.3, 0.4) is 0 Å². The largest absolute Gasteiger partial charge is 0.384 e. The summed E-state index contributed by atoms with van der Waals surface area (Å²) in [5.74, 6) is 0.0732. The molecule has 0 radical (unpaired) electrons. The van der Waals surface area contributed by atoms with Gasteiger partial charge in [0.05, 0.1) is 12.2 Å². The maximum atomic E-state index is 11.8. The molecule has 1 amide bonds. The Bertz CT molecular complexity index is 568. The molecule has 18 heavy (non-hydrogen) atoms. The average Bonchev–Trinajstić information content (AvgIpc) is 2.37. The SMILES string of the molecule is Cc1cccnc1CNC(=O)c1cccc(N)n1. The van der Waals surface area contributed by atoms with Crippen molar-refractivity contribution in [3.05, 3.63) is 53.5 Å². The van der Waals surface area contributed by atoms with Gasteiger partial charge in [0.15, 0.2) is 0 Å². The molecule has 0 saturated carbocycles. The Morgan fingerprint density at radius 1 is 1.33 bits per heavy atom. The zero-order valence-electron chi connectivity index (χ0n) is 10.1. The molecule has 0 bridgehead atoms. The van der Waals surface area contributed by atoms with Gasteiger partial charge in [-0.1, -0.05) is 12.1 Å². The van der Waals surface area contributed by atoms with Crippen molar-refractivity contribution in [2.24, 2.45) is 0 Å². The van der Waals surface area contributed by atoms with Crippen molar-refractivity contribution in [2.75, 3.05) is 5.73 Å². The van der Waals surface area contributed by atoms with Gasteiger partial charge in [-0.3, -0.25) is 9.78 Å². The van der Waals surface area contributed by atoms with E-state index in [0.29, 0.717) is 18.1 Å². The van der Waals surface area contributed by atoms with Gasteiger partial charge >= 0.3 is 0 Å². The number of aromatic nitrogens is 2. The summed E-state index contributed by atoms with van der Waals surface area (Å²) in [5, 5.41) is 2.76. The third-order valence-corrected chi connectivity index (χ3v) is 2.54. The maximum absolute atomic E-state index is 11.8. The summed E-state index contributed by atoms with van der Waals surface area (Å²) in [4.78, 5) is 20.0. The summed E-state index contributed by atoms with van der Waals surface area (Å²) >= 11 is 0. The quantitative estimate of drug-likeness (QED) is 0.850. The highest BCUT2D eigenvalue weighted by Crippen LogP contribution is 2.04. The fourth-order valence-electron chi connectivity index (χ4n) is 1.54. The fourth-order valence-corrected chi connectivity index (χ4v) is 1.54. The highest BCUT2D eigenvalue weighted by Gasteiger charge is 2.07. The number of nitrogens with zero attached hydrogens (tertiary/aromatic N) is 2. The van der Waals surface area contributed by atoms with Crippen molar-refractivity contribution >= 4 is 11.7 Å². The Morgan fingerprint density at radius 3 is 2.89 bits per heavy atom. The van der Waals surface area contributed by atoms with E-state index < -0.39 is 0 Å². The highest BCUT2D eigenvalue weighted by molar-refractivity contribution is 5.92. The van der Waals surface area contributed by atoms with Crippen LogP contribution in [-0.2, 0) is 6.54 Å². The number of hydrogen-bond donors (Lipinski definition) is 2. The van der Waals surface area contributed by atoms with E-state index in [2.05, 4.69) is 15.3 Å². The van der Waals surface area contributed by atoms with Gasteiger partial charge in [0.25, 0.3) is 5.91 Å². The summed E-state index contributed by atoms with van der Waals surface area (Å²) in [7, 11) is 0. The van der Waals surface area contributed by atoms with E-state index in [0.717, 1.165) is 11.3 Å². The number of amides is 1. The molecule has 0 spiro atoms. The Morgan fingerprint density at radius 2 is 2.17 bits per heavy atom. The first-order chi connectivity index (χ1) is 8.66. The Labute approximate surface area is 105 Å². The van der Waals surface area contributed by atoms with Crippen molar-refractivity contribution < 1.29 is 4.79 Å². The number of nitrogens with one attached hydrogen (secondary N) is 1. The monoisotopic (exact) mass is 242 g/mol. The molecule has 0 fully saturated rings. The number of anilines is 1. The zero-order valence-corrected chi connectivity index (χ0v) is 10.1. The second-order valence-corrected chi connectivity index (χ2v) is 3.90. The minimum atomic E-state index is -0.257. The van der Waals surface area contributed by atoms with Gasteiger partial charge in [0.1, 0.15) is 11.5 Å². The van der Waals surface area contributed by atoms with Crippen LogP contribution in [0.1, 0.15) is 21.7 Å². The van der Waals surface area contributed by atoms with Gasteiger partial charge in [-0.15, -0.1) is 0 Å². The molecule has 0 aliphatic rings. The van der Waals surface area contributed by atoms with E-state index in [9.17, 15) is 4.79 Å². The molecular weight excluding hydrogens is 228 g/mol. The standard InChI is InChI=1S/C13H14N4O/c1-9-4-3-7-15-11(9)8-16-13(18)10-5-2-6-12(14)17-10/h2-7H,8H2,1H3,(H2,14,17)(H,16,18). The van der Waals surface area contributed by atoms with Crippen molar-refractivity contribution in [1.82, 2.24) is 15.3 Å². The molecule has 0 atom stereocenters. The van der Waals surface area contributed by atoms with Crippen molar-refractivity contribution in [3.63, 3.8) is 0 Å². The minimum absolute atomic E-state index is 0.257. The van der Waals surface area contributed by atoms with Crippen LogP contribution >= 0.6 is 0 Å². The van der Waals surface area contributed by atoms with Crippen LogP contribution in [0, 0.1) is 6.92 Å². The first kappa shape index (κ1) is 12.0. The lowest BCUT2D eigenvalue weighted by molar-refractivity contribution is 0.0945. The van der Waals surface area contributed by atoms with Crippen LogP contribution in [0.2, 0.25) is 0 Å². The molecule has 0 unspecified atom stereocenters. The fraction of sp³-hybridized carbons (Fsp3) is 0.154. The van der Waals surface area contributed by atoms with E-state index in [1.165, 1.54) is 0 Å². The van der Waals surface area contributed by atoms with Gasteiger partial charge in [-0.05, 0) is 30.7 Å². The van der Waals surface area contributed by atoms with Gasteiger partial charge < -0.3 is 11.1 Å². The summed E-state index contributed by atoms with van der Waals surface area (Å²) in [5.41, 5.74) is 7.72. The molecule has 2 aromatic heterocycles. The number of pyridine rings is 2. The number of carbonyl (C=O) groups excluding carboxylic acids is 1. The Kier molecular flexibility index (Phi) is 3.52. The molecule has 5 heteroatoms. The minimum Gasteiger partial charge on any atom is -0.384 e. The topological polar surface area (TPSA) is 80.9 Å². The number of carbonyl (C=O) groups is 1. The van der Waals surface area contributed by atoms with Crippen molar-refractivity contribution in [1.29, 1.82) is 0 Å². The lowest BCUT2D eigenvalue weighted by Crippen LogP contribution is -2.24. The number of nitrogens with two attached hydrogens (primary N) is 1. The molecule has 2 rings (SSSR count). The summed E-state index contributed by atoms with van der Waals surface area (Å²) < 4.78 is 0. The van der Waals surface area contributed by atoms with Crippen molar-refractivity contribution in [2.45, 2.75) is 13.5 Å². The highest BCUT2D eigenvalue weighted by atomic mass is 16.1. The summed E-state index contributed by atoms with van der Waals surface area (Å²) in [6.07, 6.45) is 1.70. The van der Waals surface area contributed by atoms with Crippen LogP contribution in [0.25, 0.3) is 0 Å². The number of nitrogen functional groups attached to an aromatic ring is 1. The molecule has 0 aromatic carbocycles. The Hall–Kier alpha value is -2.43. The average molecular weight is 242 g/mol. The van der Waals surface area contributed by atoms with E-state index in [-0.39, 0.29) is 5.91 Å². The van der Waals surface area contributed by atoms with Crippen molar-refractivity contribution in [3.8, 4) is 0 Å². The molecule has 0 aliphatic carbocycles. The first-order valence-corrected chi connectivity index (χ1v) is 5.58.